The zero-order valence-corrected chi connectivity index (χ0v) is 10.6. The van der Waals surface area contributed by atoms with Crippen molar-refractivity contribution in [3.8, 4) is 11.8 Å². The average molecular weight is 287 g/mol. The second kappa shape index (κ2) is 4.94. The van der Waals surface area contributed by atoms with Gasteiger partial charge in [-0.1, -0.05) is 5.92 Å². The number of benzene rings is 1. The van der Waals surface area contributed by atoms with E-state index in [0.717, 1.165) is 12.1 Å². The minimum atomic E-state index is -4.33. The lowest BCUT2D eigenvalue weighted by Gasteiger charge is -2.05. The summed E-state index contributed by atoms with van der Waals surface area (Å²) in [5.41, 5.74) is 1.00. The van der Waals surface area contributed by atoms with Crippen molar-refractivity contribution in [2.75, 3.05) is 0 Å². The van der Waals surface area contributed by atoms with Crippen molar-refractivity contribution in [2.24, 2.45) is 0 Å². The first-order valence-electron chi connectivity index (χ1n) is 6.02. The van der Waals surface area contributed by atoms with Crippen LogP contribution in [0.15, 0.2) is 48.8 Å². The Hall–Kier alpha value is -2.81. The monoisotopic (exact) mass is 287 g/mol. The summed E-state index contributed by atoms with van der Waals surface area (Å²) in [5, 5.41) is 4.01. The maximum Gasteiger partial charge on any atom is 0.416 e. The molecule has 0 atom stereocenters. The van der Waals surface area contributed by atoms with Gasteiger partial charge < -0.3 is 0 Å². The molecule has 0 N–H and O–H groups in total. The quantitative estimate of drug-likeness (QED) is 0.595. The Balaban J connectivity index is 1.86. The molecule has 2 heterocycles. The Kier molecular flexibility index (Phi) is 3.10. The third-order valence-electron chi connectivity index (χ3n) is 2.81. The van der Waals surface area contributed by atoms with E-state index < -0.39 is 11.7 Å². The van der Waals surface area contributed by atoms with Gasteiger partial charge in [0.1, 0.15) is 5.69 Å². The zero-order chi connectivity index (χ0) is 14.9. The zero-order valence-electron chi connectivity index (χ0n) is 10.6. The van der Waals surface area contributed by atoms with Gasteiger partial charge in [0.25, 0.3) is 0 Å². The topological polar surface area (TPSA) is 30.2 Å². The first kappa shape index (κ1) is 13.2. The Labute approximate surface area is 118 Å². The minimum Gasteiger partial charge on any atom is -0.223 e. The van der Waals surface area contributed by atoms with Crippen LogP contribution in [0.4, 0.5) is 13.2 Å². The summed E-state index contributed by atoms with van der Waals surface area (Å²) in [5.74, 6) is 5.60. The Bertz CT molecular complexity index is 836. The van der Waals surface area contributed by atoms with Gasteiger partial charge >= 0.3 is 6.18 Å². The molecule has 0 aliphatic rings. The number of nitrogens with zero attached hydrogens (tertiary/aromatic N) is 3. The van der Waals surface area contributed by atoms with Gasteiger partial charge in [-0.05, 0) is 36.3 Å². The molecule has 21 heavy (non-hydrogen) atoms. The maximum atomic E-state index is 12.4. The molecule has 3 rings (SSSR count). The summed E-state index contributed by atoms with van der Waals surface area (Å²) >= 11 is 0. The molecule has 0 amide bonds. The van der Waals surface area contributed by atoms with Crippen molar-refractivity contribution in [3.63, 3.8) is 0 Å². The van der Waals surface area contributed by atoms with Crippen LogP contribution in [0.3, 0.4) is 0 Å². The van der Waals surface area contributed by atoms with Crippen LogP contribution in [-0.2, 0) is 6.18 Å². The van der Waals surface area contributed by atoms with Gasteiger partial charge in [0, 0.05) is 17.8 Å². The smallest absolute Gasteiger partial charge is 0.223 e. The molecule has 0 aliphatic heterocycles. The highest BCUT2D eigenvalue weighted by Crippen LogP contribution is 2.28. The molecule has 0 bridgehead atoms. The predicted molar refractivity (Wildman–Crippen MR) is 70.4 cm³/mol. The fourth-order valence-electron chi connectivity index (χ4n) is 1.76. The van der Waals surface area contributed by atoms with Crippen molar-refractivity contribution in [3.05, 3.63) is 65.6 Å². The third-order valence-corrected chi connectivity index (χ3v) is 2.81. The van der Waals surface area contributed by atoms with E-state index in [-0.39, 0.29) is 0 Å². The number of halogens is 3. The number of fused-ring (bicyclic) bond motifs is 1. The van der Waals surface area contributed by atoms with Crippen LogP contribution >= 0.6 is 0 Å². The molecule has 3 nitrogen and oxygen atoms in total. The van der Waals surface area contributed by atoms with E-state index in [0.29, 0.717) is 16.9 Å². The van der Waals surface area contributed by atoms with Crippen LogP contribution in [0, 0.1) is 11.8 Å². The molecule has 6 heteroatoms. The van der Waals surface area contributed by atoms with Crippen molar-refractivity contribution in [1.29, 1.82) is 0 Å². The highest BCUT2D eigenvalue weighted by Gasteiger charge is 2.29. The number of hydrogen-bond donors (Lipinski definition) is 0. The van der Waals surface area contributed by atoms with Gasteiger partial charge in [0.05, 0.1) is 11.8 Å². The van der Waals surface area contributed by atoms with E-state index in [1.165, 1.54) is 12.1 Å². The largest absolute Gasteiger partial charge is 0.416 e. The summed E-state index contributed by atoms with van der Waals surface area (Å²) in [6.45, 7) is 0. The Morgan fingerprint density at radius 2 is 1.71 bits per heavy atom. The molecule has 0 unspecified atom stereocenters. The molecule has 1 aromatic carbocycles. The van der Waals surface area contributed by atoms with Gasteiger partial charge in [-0.15, -0.1) is 0 Å². The Morgan fingerprint density at radius 3 is 2.43 bits per heavy atom. The lowest BCUT2D eigenvalue weighted by Crippen LogP contribution is -2.04. The predicted octanol–water partition coefficient (Wildman–Crippen LogP) is 3.15. The highest BCUT2D eigenvalue weighted by atomic mass is 19.4. The number of hydrogen-bond acceptors (Lipinski definition) is 2. The Morgan fingerprint density at radius 1 is 0.952 bits per heavy atom. The van der Waals surface area contributed by atoms with Crippen LogP contribution < -0.4 is 0 Å². The van der Waals surface area contributed by atoms with Gasteiger partial charge in [0.15, 0.2) is 5.65 Å². The molecule has 104 valence electrons. The van der Waals surface area contributed by atoms with Gasteiger partial charge in [-0.2, -0.15) is 18.3 Å². The number of aromatic nitrogens is 3. The molecular weight excluding hydrogens is 279 g/mol. The lowest BCUT2D eigenvalue weighted by atomic mass is 10.1. The molecule has 0 radical (unpaired) electrons. The summed E-state index contributed by atoms with van der Waals surface area (Å²) < 4.78 is 38.9. The first-order chi connectivity index (χ1) is 10.0. The summed E-state index contributed by atoms with van der Waals surface area (Å²) in [6.07, 6.45) is -0.991. The molecule has 2 aromatic heterocycles. The standard InChI is InChI=1S/C15H8F3N3/c16-15(17,18)12-4-1-11(2-5-12)3-6-13-8-10-21-14(20-13)7-9-19-21/h1-2,4-5,7-10H. The molecule has 0 saturated heterocycles. The van der Waals surface area contributed by atoms with E-state index in [4.69, 9.17) is 0 Å². The average Bonchev–Trinajstić information content (AvgIpc) is 2.92. The van der Waals surface area contributed by atoms with Crippen LogP contribution in [0.5, 0.6) is 0 Å². The summed E-state index contributed by atoms with van der Waals surface area (Å²) in [7, 11) is 0. The molecular formula is C15H8F3N3. The maximum absolute atomic E-state index is 12.4. The van der Waals surface area contributed by atoms with E-state index >= 15 is 0 Å². The van der Waals surface area contributed by atoms with E-state index in [2.05, 4.69) is 21.9 Å². The van der Waals surface area contributed by atoms with Crippen LogP contribution in [0.25, 0.3) is 5.65 Å². The number of alkyl halides is 3. The number of rotatable bonds is 0. The minimum absolute atomic E-state index is 0.498. The van der Waals surface area contributed by atoms with E-state index in [9.17, 15) is 13.2 Å². The lowest BCUT2D eigenvalue weighted by molar-refractivity contribution is -0.137. The SMILES string of the molecule is FC(F)(F)c1ccc(C#Cc2ccn3nccc3n2)cc1. The molecule has 3 aromatic rings. The van der Waals surface area contributed by atoms with E-state index in [1.54, 1.807) is 29.0 Å². The highest BCUT2D eigenvalue weighted by molar-refractivity contribution is 5.44. The second-order valence-corrected chi connectivity index (χ2v) is 4.27. The molecule has 0 saturated carbocycles. The van der Waals surface area contributed by atoms with Crippen LogP contribution in [-0.4, -0.2) is 14.6 Å². The van der Waals surface area contributed by atoms with Crippen LogP contribution in [0.1, 0.15) is 16.8 Å². The molecule has 0 spiro atoms. The van der Waals surface area contributed by atoms with Crippen molar-refractivity contribution < 1.29 is 13.2 Å². The molecule has 0 fully saturated rings. The normalized spacial score (nSPS) is 11.2. The fourth-order valence-corrected chi connectivity index (χ4v) is 1.76. The van der Waals surface area contributed by atoms with Crippen LogP contribution in [0.2, 0.25) is 0 Å². The van der Waals surface area contributed by atoms with Crippen molar-refractivity contribution >= 4 is 5.65 Å². The fraction of sp³-hybridized carbons (Fsp3) is 0.0667. The van der Waals surface area contributed by atoms with E-state index in [1.807, 2.05) is 0 Å². The third kappa shape index (κ3) is 2.87. The molecule has 0 aliphatic carbocycles. The van der Waals surface area contributed by atoms with Crippen molar-refractivity contribution in [2.45, 2.75) is 6.18 Å². The first-order valence-corrected chi connectivity index (χ1v) is 6.02. The van der Waals surface area contributed by atoms with Crippen molar-refractivity contribution in [1.82, 2.24) is 14.6 Å². The summed E-state index contributed by atoms with van der Waals surface area (Å²) in [6, 6.07) is 8.13. The summed E-state index contributed by atoms with van der Waals surface area (Å²) in [4.78, 5) is 4.25. The second-order valence-electron chi connectivity index (χ2n) is 4.27. The van der Waals surface area contributed by atoms with Gasteiger partial charge in [-0.25, -0.2) is 9.50 Å². The van der Waals surface area contributed by atoms with Gasteiger partial charge in [0.2, 0.25) is 0 Å². The van der Waals surface area contributed by atoms with Gasteiger partial charge in [-0.3, -0.25) is 0 Å².